The highest BCUT2D eigenvalue weighted by Gasteiger charge is 2.36. The predicted molar refractivity (Wildman–Crippen MR) is 134 cm³/mol. The Hall–Kier alpha value is -3.89. The summed E-state index contributed by atoms with van der Waals surface area (Å²) < 4.78 is 11.3. The molecule has 172 valence electrons. The number of thioether (sulfide) groups is 1. The van der Waals surface area contributed by atoms with Crippen LogP contribution < -0.4 is 15.4 Å². The van der Waals surface area contributed by atoms with Gasteiger partial charge < -0.3 is 19.8 Å². The molecule has 34 heavy (non-hydrogen) atoms. The quantitative estimate of drug-likeness (QED) is 0.448. The van der Waals surface area contributed by atoms with Crippen LogP contribution >= 0.6 is 11.8 Å². The van der Waals surface area contributed by atoms with Gasteiger partial charge in [-0.2, -0.15) is 5.26 Å². The van der Waals surface area contributed by atoms with E-state index in [1.807, 2.05) is 68.4 Å². The zero-order valence-corrected chi connectivity index (χ0v) is 20.0. The number of dihydropyridines is 1. The molecule has 1 aromatic heterocycles. The van der Waals surface area contributed by atoms with Crippen LogP contribution in [-0.4, -0.2) is 13.0 Å². The highest BCUT2D eigenvalue weighted by molar-refractivity contribution is 8.02. The van der Waals surface area contributed by atoms with Gasteiger partial charge in [0.15, 0.2) is 0 Å². The maximum atomic E-state index is 13.5. The number of methoxy groups -OCH3 is 1. The number of hydrogen-bond acceptors (Lipinski definition) is 6. The highest BCUT2D eigenvalue weighted by atomic mass is 32.2. The fraction of sp³-hybridized carbons (Fsp3) is 0.185. The molecule has 0 aliphatic carbocycles. The smallest absolute Gasteiger partial charge is 0.254 e. The van der Waals surface area contributed by atoms with Gasteiger partial charge >= 0.3 is 0 Å². The molecule has 3 aromatic rings. The second kappa shape index (κ2) is 10.4. The molecule has 4 rings (SSSR count). The first-order chi connectivity index (χ1) is 16.5. The minimum absolute atomic E-state index is 0.326. The molecule has 1 unspecified atom stereocenters. The Morgan fingerprint density at radius 2 is 1.85 bits per heavy atom. The second-order valence-corrected chi connectivity index (χ2v) is 8.81. The van der Waals surface area contributed by atoms with Crippen molar-refractivity contribution >= 4 is 23.4 Å². The number of hydrogen-bond donors (Lipinski definition) is 2. The lowest BCUT2D eigenvalue weighted by atomic mass is 9.85. The maximum absolute atomic E-state index is 13.5. The number of carbonyl (C=O) groups excluding carboxylic acids is 1. The summed E-state index contributed by atoms with van der Waals surface area (Å²) >= 11 is 1.53. The SMILES string of the molecule is COc1ccccc1NC(=O)C1=C(C)NC(SCc2ccccc2)=C(C#N)C1c1ccc(C)o1. The summed E-state index contributed by atoms with van der Waals surface area (Å²) in [5, 5.41) is 17.1. The molecule has 7 heteroatoms. The van der Waals surface area contributed by atoms with E-state index in [0.717, 1.165) is 10.6 Å². The van der Waals surface area contributed by atoms with Crippen LogP contribution in [0, 0.1) is 18.3 Å². The van der Waals surface area contributed by atoms with Gasteiger partial charge in [-0.1, -0.05) is 42.5 Å². The maximum Gasteiger partial charge on any atom is 0.254 e. The molecule has 2 N–H and O–H groups in total. The lowest BCUT2D eigenvalue weighted by Gasteiger charge is -2.28. The predicted octanol–water partition coefficient (Wildman–Crippen LogP) is 5.86. The number of carbonyl (C=O) groups is 1. The summed E-state index contributed by atoms with van der Waals surface area (Å²) in [5.41, 5.74) is 3.25. The van der Waals surface area contributed by atoms with Crippen molar-refractivity contribution in [1.29, 1.82) is 5.26 Å². The zero-order chi connectivity index (χ0) is 24.1. The molecule has 0 spiro atoms. The molecular weight excluding hydrogens is 446 g/mol. The number of ether oxygens (including phenoxy) is 1. The van der Waals surface area contributed by atoms with E-state index in [-0.39, 0.29) is 5.91 Å². The van der Waals surface area contributed by atoms with Crippen molar-refractivity contribution in [2.24, 2.45) is 0 Å². The van der Waals surface area contributed by atoms with Crippen LogP contribution in [0.15, 0.2) is 93.0 Å². The molecule has 0 saturated heterocycles. The Balaban J connectivity index is 1.71. The Morgan fingerprint density at radius 1 is 1.12 bits per heavy atom. The van der Waals surface area contributed by atoms with Gasteiger partial charge in [-0.05, 0) is 43.7 Å². The van der Waals surface area contributed by atoms with Gasteiger partial charge in [-0.15, -0.1) is 11.8 Å². The molecule has 0 radical (unpaired) electrons. The second-order valence-electron chi connectivity index (χ2n) is 7.83. The molecule has 1 atom stereocenters. The van der Waals surface area contributed by atoms with Crippen molar-refractivity contribution in [3.8, 4) is 11.8 Å². The first-order valence-corrected chi connectivity index (χ1v) is 11.8. The van der Waals surface area contributed by atoms with Gasteiger partial charge in [-0.25, -0.2) is 0 Å². The number of nitriles is 1. The first kappa shape index (κ1) is 23.3. The van der Waals surface area contributed by atoms with Crippen molar-refractivity contribution in [1.82, 2.24) is 5.32 Å². The van der Waals surface area contributed by atoms with Crippen molar-refractivity contribution in [2.75, 3.05) is 12.4 Å². The molecule has 2 heterocycles. The van der Waals surface area contributed by atoms with Crippen LogP contribution in [0.25, 0.3) is 0 Å². The number of allylic oxidation sites excluding steroid dienone is 2. The van der Waals surface area contributed by atoms with Crippen molar-refractivity contribution in [3.05, 3.63) is 106 Å². The summed E-state index contributed by atoms with van der Waals surface area (Å²) in [6.45, 7) is 3.69. The van der Waals surface area contributed by atoms with E-state index in [4.69, 9.17) is 9.15 Å². The number of benzene rings is 2. The molecule has 1 aliphatic rings. The van der Waals surface area contributed by atoms with Gasteiger partial charge in [0.1, 0.15) is 17.3 Å². The number of aryl methyl sites for hydroxylation is 1. The fourth-order valence-corrected chi connectivity index (χ4v) is 4.94. The van der Waals surface area contributed by atoms with E-state index < -0.39 is 5.92 Å². The van der Waals surface area contributed by atoms with Gasteiger partial charge in [-0.3, -0.25) is 4.79 Å². The molecule has 0 bridgehead atoms. The average molecular weight is 472 g/mol. The number of anilines is 1. The van der Waals surface area contributed by atoms with E-state index >= 15 is 0 Å². The number of amides is 1. The Kier molecular flexibility index (Phi) is 7.09. The lowest BCUT2D eigenvalue weighted by molar-refractivity contribution is -0.113. The Morgan fingerprint density at radius 3 is 2.53 bits per heavy atom. The molecule has 2 aromatic carbocycles. The van der Waals surface area contributed by atoms with Crippen LogP contribution in [-0.2, 0) is 10.5 Å². The summed E-state index contributed by atoms with van der Waals surface area (Å²) in [7, 11) is 1.55. The fourth-order valence-electron chi connectivity index (χ4n) is 3.89. The van der Waals surface area contributed by atoms with Crippen LogP contribution in [0.5, 0.6) is 5.75 Å². The summed E-state index contributed by atoms with van der Waals surface area (Å²) in [6, 6.07) is 23.3. The van der Waals surface area contributed by atoms with Gasteiger partial charge in [0.05, 0.1) is 41.0 Å². The van der Waals surface area contributed by atoms with Crippen molar-refractivity contribution < 1.29 is 13.9 Å². The normalized spacial score (nSPS) is 15.5. The molecule has 0 saturated carbocycles. The van der Waals surface area contributed by atoms with Gasteiger partial charge in [0.2, 0.25) is 0 Å². The van der Waals surface area contributed by atoms with Crippen LogP contribution in [0.3, 0.4) is 0 Å². The minimum Gasteiger partial charge on any atom is -0.495 e. The minimum atomic E-state index is -0.632. The molecule has 6 nitrogen and oxygen atoms in total. The van der Waals surface area contributed by atoms with E-state index in [1.54, 1.807) is 19.2 Å². The molecule has 1 amide bonds. The monoisotopic (exact) mass is 471 g/mol. The van der Waals surface area contributed by atoms with Gasteiger partial charge in [0, 0.05) is 11.4 Å². The van der Waals surface area contributed by atoms with E-state index in [9.17, 15) is 10.1 Å². The van der Waals surface area contributed by atoms with Crippen LogP contribution in [0.4, 0.5) is 5.69 Å². The van der Waals surface area contributed by atoms with E-state index in [1.165, 1.54) is 11.8 Å². The van der Waals surface area contributed by atoms with Crippen LogP contribution in [0.2, 0.25) is 0 Å². The third kappa shape index (κ3) is 4.87. The Bertz CT molecular complexity index is 1300. The summed E-state index contributed by atoms with van der Waals surface area (Å²) in [6.07, 6.45) is 0. The number of nitrogens with one attached hydrogen (secondary N) is 2. The molecule has 0 fully saturated rings. The van der Waals surface area contributed by atoms with E-state index in [0.29, 0.717) is 45.6 Å². The largest absolute Gasteiger partial charge is 0.495 e. The third-order valence-electron chi connectivity index (χ3n) is 5.52. The zero-order valence-electron chi connectivity index (χ0n) is 19.2. The first-order valence-electron chi connectivity index (χ1n) is 10.8. The van der Waals surface area contributed by atoms with Crippen molar-refractivity contribution in [3.63, 3.8) is 0 Å². The number of furan rings is 1. The lowest BCUT2D eigenvalue weighted by Crippen LogP contribution is -2.30. The number of nitrogens with zero attached hydrogens (tertiary/aromatic N) is 1. The Labute approximate surface area is 203 Å². The van der Waals surface area contributed by atoms with Gasteiger partial charge in [0.25, 0.3) is 5.91 Å². The van der Waals surface area contributed by atoms with E-state index in [2.05, 4.69) is 16.7 Å². The average Bonchev–Trinajstić information content (AvgIpc) is 3.29. The highest BCUT2D eigenvalue weighted by Crippen LogP contribution is 2.42. The summed E-state index contributed by atoms with van der Waals surface area (Å²) in [4.78, 5) is 13.5. The topological polar surface area (TPSA) is 87.3 Å². The molecular formula is C27H25N3O3S. The summed E-state index contributed by atoms with van der Waals surface area (Å²) in [5.74, 6) is 1.55. The van der Waals surface area contributed by atoms with Crippen molar-refractivity contribution in [2.45, 2.75) is 25.5 Å². The molecule has 1 aliphatic heterocycles. The standard InChI is InChI=1S/C27H25N3O3S/c1-17-13-14-23(33-17)25-20(15-28)27(34-16-19-9-5-4-6-10-19)29-18(2)24(25)26(31)30-21-11-7-8-12-22(21)32-3/h4-14,25,29H,16H2,1-3H3,(H,30,31). The van der Waals surface area contributed by atoms with Crippen LogP contribution in [0.1, 0.15) is 29.9 Å². The number of para-hydroxylation sites is 2. The number of rotatable bonds is 7. The third-order valence-corrected chi connectivity index (χ3v) is 6.61.